The molecule has 2 aromatic rings. The molecular formula is C16H14F3NO. The first-order chi connectivity index (χ1) is 9.95. The summed E-state index contributed by atoms with van der Waals surface area (Å²) in [6.45, 7) is 1.81. The molecule has 0 aliphatic rings. The minimum atomic E-state index is -0.648. The molecule has 0 fully saturated rings. The van der Waals surface area contributed by atoms with Crippen LogP contribution < -0.4 is 5.32 Å². The number of carbonyl (C=O) groups excluding carboxylic acids is 1. The van der Waals surface area contributed by atoms with Gasteiger partial charge < -0.3 is 5.32 Å². The van der Waals surface area contributed by atoms with Gasteiger partial charge in [-0.25, -0.2) is 13.2 Å². The molecule has 21 heavy (non-hydrogen) atoms. The van der Waals surface area contributed by atoms with Crippen molar-refractivity contribution in [2.75, 3.05) is 6.54 Å². The summed E-state index contributed by atoms with van der Waals surface area (Å²) in [6, 6.07) is 7.30. The molecule has 0 bridgehead atoms. The lowest BCUT2D eigenvalue weighted by atomic mass is 10.1. The summed E-state index contributed by atoms with van der Waals surface area (Å²) in [5, 5.41) is 2.63. The molecule has 0 radical (unpaired) electrons. The molecule has 0 aliphatic carbocycles. The van der Waals surface area contributed by atoms with E-state index in [1.165, 1.54) is 30.3 Å². The lowest BCUT2D eigenvalue weighted by molar-refractivity contribution is 0.0954. The summed E-state index contributed by atoms with van der Waals surface area (Å²) in [7, 11) is 0. The van der Waals surface area contributed by atoms with E-state index in [0.29, 0.717) is 23.1 Å². The molecule has 0 atom stereocenters. The van der Waals surface area contributed by atoms with Crippen LogP contribution in [0.3, 0.4) is 0 Å². The fraction of sp³-hybridized carbons (Fsp3) is 0.188. The first-order valence-corrected chi connectivity index (χ1v) is 6.45. The molecule has 2 rings (SSSR count). The quantitative estimate of drug-likeness (QED) is 0.920. The zero-order chi connectivity index (χ0) is 15.4. The Bertz CT molecular complexity index is 650. The van der Waals surface area contributed by atoms with Crippen molar-refractivity contribution in [2.24, 2.45) is 0 Å². The van der Waals surface area contributed by atoms with Gasteiger partial charge in [0.25, 0.3) is 5.91 Å². The second-order valence-electron chi connectivity index (χ2n) is 4.75. The van der Waals surface area contributed by atoms with Crippen LogP contribution in [-0.2, 0) is 6.42 Å². The van der Waals surface area contributed by atoms with Crippen molar-refractivity contribution in [2.45, 2.75) is 13.3 Å². The van der Waals surface area contributed by atoms with E-state index < -0.39 is 11.6 Å². The molecule has 5 heteroatoms. The van der Waals surface area contributed by atoms with Crippen LogP contribution in [0.2, 0.25) is 0 Å². The molecule has 0 saturated carbocycles. The SMILES string of the molecule is Cc1cc(C(=O)NCCc2cc(F)cc(F)c2)ccc1F. The fourth-order valence-corrected chi connectivity index (χ4v) is 1.96. The molecule has 0 saturated heterocycles. The van der Waals surface area contributed by atoms with Gasteiger partial charge in [0.05, 0.1) is 0 Å². The summed E-state index contributed by atoms with van der Waals surface area (Å²) >= 11 is 0. The molecule has 0 aliphatic heterocycles. The lowest BCUT2D eigenvalue weighted by Crippen LogP contribution is -2.25. The Kier molecular flexibility index (Phi) is 4.62. The highest BCUT2D eigenvalue weighted by atomic mass is 19.1. The van der Waals surface area contributed by atoms with Crippen molar-refractivity contribution >= 4 is 5.91 Å². The molecule has 110 valence electrons. The van der Waals surface area contributed by atoms with Crippen molar-refractivity contribution in [3.63, 3.8) is 0 Å². The topological polar surface area (TPSA) is 29.1 Å². The van der Waals surface area contributed by atoms with Crippen molar-refractivity contribution in [1.29, 1.82) is 0 Å². The first kappa shape index (κ1) is 15.1. The third-order valence-corrected chi connectivity index (χ3v) is 3.04. The zero-order valence-electron chi connectivity index (χ0n) is 11.4. The van der Waals surface area contributed by atoms with Gasteiger partial charge in [0, 0.05) is 18.2 Å². The second kappa shape index (κ2) is 6.43. The average Bonchev–Trinajstić information content (AvgIpc) is 2.40. The van der Waals surface area contributed by atoms with Gasteiger partial charge in [0.2, 0.25) is 0 Å². The standard InChI is InChI=1S/C16H14F3NO/c1-10-6-12(2-3-15(10)19)16(21)20-5-4-11-7-13(17)9-14(18)8-11/h2-3,6-9H,4-5H2,1H3,(H,20,21). The Hall–Kier alpha value is -2.30. The number of amides is 1. The van der Waals surface area contributed by atoms with E-state index >= 15 is 0 Å². The number of hydrogen-bond donors (Lipinski definition) is 1. The maximum atomic E-state index is 13.1. The zero-order valence-corrected chi connectivity index (χ0v) is 11.4. The van der Waals surface area contributed by atoms with Crippen LogP contribution in [0.25, 0.3) is 0 Å². The monoisotopic (exact) mass is 293 g/mol. The fourth-order valence-electron chi connectivity index (χ4n) is 1.96. The lowest BCUT2D eigenvalue weighted by Gasteiger charge is -2.07. The maximum absolute atomic E-state index is 13.1. The predicted molar refractivity (Wildman–Crippen MR) is 73.5 cm³/mol. The van der Waals surface area contributed by atoms with E-state index in [4.69, 9.17) is 0 Å². The van der Waals surface area contributed by atoms with Crippen molar-refractivity contribution in [3.8, 4) is 0 Å². The van der Waals surface area contributed by atoms with Crippen LogP contribution in [0, 0.1) is 24.4 Å². The Balaban J connectivity index is 1.93. The predicted octanol–water partition coefficient (Wildman–Crippen LogP) is 3.38. The molecule has 1 N–H and O–H groups in total. The number of aryl methyl sites for hydroxylation is 1. The van der Waals surface area contributed by atoms with Crippen LogP contribution >= 0.6 is 0 Å². The van der Waals surface area contributed by atoms with Gasteiger partial charge in [-0.15, -0.1) is 0 Å². The molecule has 2 nitrogen and oxygen atoms in total. The number of rotatable bonds is 4. The molecule has 0 spiro atoms. The van der Waals surface area contributed by atoms with Crippen LogP contribution in [0.1, 0.15) is 21.5 Å². The largest absolute Gasteiger partial charge is 0.352 e. The van der Waals surface area contributed by atoms with Crippen molar-refractivity contribution < 1.29 is 18.0 Å². The van der Waals surface area contributed by atoms with Crippen LogP contribution in [0.4, 0.5) is 13.2 Å². The smallest absolute Gasteiger partial charge is 0.251 e. The highest BCUT2D eigenvalue weighted by Gasteiger charge is 2.07. The molecule has 0 heterocycles. The van der Waals surface area contributed by atoms with Gasteiger partial charge in [-0.05, 0) is 54.8 Å². The van der Waals surface area contributed by atoms with E-state index in [2.05, 4.69) is 5.32 Å². The average molecular weight is 293 g/mol. The molecular weight excluding hydrogens is 279 g/mol. The summed E-state index contributed by atoms with van der Waals surface area (Å²) in [5.41, 5.74) is 1.19. The van der Waals surface area contributed by atoms with Gasteiger partial charge in [0.1, 0.15) is 17.5 Å². The Labute approximate surface area is 120 Å². The van der Waals surface area contributed by atoms with Gasteiger partial charge >= 0.3 is 0 Å². The Morgan fingerprint density at radius 3 is 2.33 bits per heavy atom. The van der Waals surface area contributed by atoms with E-state index in [0.717, 1.165) is 6.07 Å². The Morgan fingerprint density at radius 2 is 1.71 bits per heavy atom. The number of nitrogens with one attached hydrogen (secondary N) is 1. The Morgan fingerprint density at radius 1 is 1.05 bits per heavy atom. The number of hydrogen-bond acceptors (Lipinski definition) is 1. The summed E-state index contributed by atoms with van der Waals surface area (Å²) in [6.07, 6.45) is 0.306. The number of benzene rings is 2. The van der Waals surface area contributed by atoms with Gasteiger partial charge in [0.15, 0.2) is 0 Å². The normalized spacial score (nSPS) is 10.5. The van der Waals surface area contributed by atoms with Crippen molar-refractivity contribution in [3.05, 3.63) is 70.5 Å². The molecule has 0 unspecified atom stereocenters. The van der Waals surface area contributed by atoms with Crippen LogP contribution in [-0.4, -0.2) is 12.5 Å². The summed E-state index contributed by atoms with van der Waals surface area (Å²) in [5.74, 6) is -2.02. The van der Waals surface area contributed by atoms with Crippen LogP contribution in [0.5, 0.6) is 0 Å². The van der Waals surface area contributed by atoms with E-state index in [-0.39, 0.29) is 18.3 Å². The highest BCUT2D eigenvalue weighted by Crippen LogP contribution is 2.10. The third-order valence-electron chi connectivity index (χ3n) is 3.04. The van der Waals surface area contributed by atoms with E-state index in [1.807, 2.05) is 0 Å². The van der Waals surface area contributed by atoms with Crippen molar-refractivity contribution in [1.82, 2.24) is 5.32 Å². The van der Waals surface area contributed by atoms with Gasteiger partial charge in [-0.1, -0.05) is 0 Å². The molecule has 0 aromatic heterocycles. The van der Waals surface area contributed by atoms with E-state index in [9.17, 15) is 18.0 Å². The maximum Gasteiger partial charge on any atom is 0.251 e. The van der Waals surface area contributed by atoms with E-state index in [1.54, 1.807) is 6.92 Å². The summed E-state index contributed by atoms with van der Waals surface area (Å²) < 4.78 is 39.1. The minimum Gasteiger partial charge on any atom is -0.352 e. The molecule has 1 amide bonds. The molecule has 2 aromatic carbocycles. The number of carbonyl (C=O) groups is 1. The number of halogens is 3. The minimum absolute atomic E-state index is 0.234. The third kappa shape index (κ3) is 4.08. The summed E-state index contributed by atoms with van der Waals surface area (Å²) in [4.78, 5) is 11.9. The van der Waals surface area contributed by atoms with Gasteiger partial charge in [-0.2, -0.15) is 0 Å². The highest BCUT2D eigenvalue weighted by molar-refractivity contribution is 5.94. The first-order valence-electron chi connectivity index (χ1n) is 6.45. The van der Waals surface area contributed by atoms with Gasteiger partial charge in [-0.3, -0.25) is 4.79 Å². The van der Waals surface area contributed by atoms with Crippen LogP contribution in [0.15, 0.2) is 36.4 Å². The second-order valence-corrected chi connectivity index (χ2v) is 4.75.